The van der Waals surface area contributed by atoms with Crippen molar-refractivity contribution in [3.05, 3.63) is 35.5 Å². The molecule has 2 aromatic rings. The van der Waals surface area contributed by atoms with Gasteiger partial charge in [-0.2, -0.15) is 0 Å². The molecule has 0 fully saturated rings. The maximum Gasteiger partial charge on any atom is 1.00 e. The van der Waals surface area contributed by atoms with Crippen LogP contribution in [0.1, 0.15) is 24.6 Å². The standard InChI is InChI=1S/C14H17NO2.Na/c1-3-11-4-5-13-12(9-11)8-10(2)15(13)7-6-14(16)17;/h4-5,8-9H,3,6-7H2,1-2H3,(H,16,17);/q;+1/p-1. The maximum absolute atomic E-state index is 10.5. The van der Waals surface area contributed by atoms with E-state index in [1.54, 1.807) is 0 Å². The number of hydrogen-bond acceptors (Lipinski definition) is 2. The molecule has 90 valence electrons. The van der Waals surface area contributed by atoms with E-state index >= 15 is 0 Å². The molecule has 3 nitrogen and oxygen atoms in total. The maximum atomic E-state index is 10.5. The van der Waals surface area contributed by atoms with Gasteiger partial charge in [0.15, 0.2) is 0 Å². The summed E-state index contributed by atoms with van der Waals surface area (Å²) in [5, 5.41) is 11.7. The number of nitrogens with zero attached hydrogens (tertiary/aromatic N) is 1. The minimum atomic E-state index is -1.00. The number of carbonyl (C=O) groups excluding carboxylic acids is 1. The third-order valence-electron chi connectivity index (χ3n) is 3.12. The number of aliphatic carboxylic acids is 1. The van der Waals surface area contributed by atoms with Crippen molar-refractivity contribution in [1.29, 1.82) is 0 Å². The molecule has 0 aliphatic rings. The molecule has 0 radical (unpaired) electrons. The van der Waals surface area contributed by atoms with Crippen LogP contribution in [0.3, 0.4) is 0 Å². The molecule has 0 aliphatic carbocycles. The molecule has 0 N–H and O–H groups in total. The quantitative estimate of drug-likeness (QED) is 0.633. The first-order valence-corrected chi connectivity index (χ1v) is 5.90. The zero-order chi connectivity index (χ0) is 12.4. The van der Waals surface area contributed by atoms with E-state index in [1.165, 1.54) is 10.9 Å². The average Bonchev–Trinajstić information content (AvgIpc) is 2.60. The minimum absolute atomic E-state index is 0. The summed E-state index contributed by atoms with van der Waals surface area (Å²) in [7, 11) is 0. The Hall–Kier alpha value is -0.770. The minimum Gasteiger partial charge on any atom is -0.550 e. The van der Waals surface area contributed by atoms with Gasteiger partial charge in [-0.15, -0.1) is 0 Å². The second-order valence-corrected chi connectivity index (χ2v) is 4.31. The number of carbonyl (C=O) groups is 1. The van der Waals surface area contributed by atoms with Crippen molar-refractivity contribution in [3.8, 4) is 0 Å². The molecule has 2 rings (SSSR count). The number of benzene rings is 1. The number of rotatable bonds is 4. The molecule has 0 unspecified atom stereocenters. The summed E-state index contributed by atoms with van der Waals surface area (Å²) < 4.78 is 2.03. The fourth-order valence-corrected chi connectivity index (χ4v) is 2.18. The molecule has 0 saturated heterocycles. The fraction of sp³-hybridized carbons (Fsp3) is 0.357. The van der Waals surface area contributed by atoms with Crippen molar-refractivity contribution in [2.24, 2.45) is 0 Å². The number of hydrogen-bond donors (Lipinski definition) is 0. The Labute approximate surface area is 129 Å². The van der Waals surface area contributed by atoms with Gasteiger partial charge in [0.1, 0.15) is 0 Å². The van der Waals surface area contributed by atoms with Crippen molar-refractivity contribution in [2.45, 2.75) is 33.2 Å². The molecule has 1 heterocycles. The van der Waals surface area contributed by atoms with Gasteiger partial charge < -0.3 is 14.5 Å². The largest absolute Gasteiger partial charge is 1.00 e. The average molecular weight is 253 g/mol. The van der Waals surface area contributed by atoms with Gasteiger partial charge in [-0.1, -0.05) is 13.0 Å². The fourth-order valence-electron chi connectivity index (χ4n) is 2.18. The van der Waals surface area contributed by atoms with Crippen molar-refractivity contribution in [1.82, 2.24) is 4.57 Å². The molecule has 0 bridgehead atoms. The van der Waals surface area contributed by atoms with Gasteiger partial charge in [-0.3, -0.25) is 0 Å². The first kappa shape index (κ1) is 15.3. The first-order valence-electron chi connectivity index (χ1n) is 5.90. The van der Waals surface area contributed by atoms with Crippen molar-refractivity contribution in [2.75, 3.05) is 0 Å². The van der Waals surface area contributed by atoms with Crippen LogP contribution >= 0.6 is 0 Å². The van der Waals surface area contributed by atoms with Gasteiger partial charge in [0, 0.05) is 35.5 Å². The van der Waals surface area contributed by atoms with Crippen LogP contribution in [0.5, 0.6) is 0 Å². The van der Waals surface area contributed by atoms with E-state index < -0.39 is 5.97 Å². The molecule has 0 saturated carbocycles. The number of carboxylic acid groups (broad SMARTS) is 1. The summed E-state index contributed by atoms with van der Waals surface area (Å²) in [5.41, 5.74) is 3.49. The molecule has 0 atom stereocenters. The van der Waals surface area contributed by atoms with Gasteiger partial charge in [0.25, 0.3) is 0 Å². The Morgan fingerprint density at radius 2 is 2.06 bits per heavy atom. The normalized spacial score (nSPS) is 10.3. The van der Waals surface area contributed by atoms with Gasteiger partial charge in [-0.05, 0) is 37.1 Å². The topological polar surface area (TPSA) is 45.1 Å². The predicted octanol–water partition coefficient (Wildman–Crippen LogP) is -1.34. The number of fused-ring (bicyclic) bond motifs is 1. The van der Waals surface area contributed by atoms with Gasteiger partial charge in [0.2, 0.25) is 0 Å². The third kappa shape index (κ3) is 3.16. The van der Waals surface area contributed by atoms with E-state index in [-0.39, 0.29) is 36.0 Å². The summed E-state index contributed by atoms with van der Waals surface area (Å²) in [6.45, 7) is 4.60. The van der Waals surface area contributed by atoms with Crippen LogP contribution in [0.2, 0.25) is 0 Å². The van der Waals surface area contributed by atoms with Crippen LogP contribution < -0.4 is 34.7 Å². The second kappa shape index (κ2) is 6.41. The molecule has 0 amide bonds. The molecule has 0 spiro atoms. The van der Waals surface area contributed by atoms with E-state index in [0.29, 0.717) is 6.54 Å². The van der Waals surface area contributed by atoms with Crippen molar-refractivity contribution in [3.63, 3.8) is 0 Å². The van der Waals surface area contributed by atoms with Crippen molar-refractivity contribution < 1.29 is 39.5 Å². The Morgan fingerprint density at radius 1 is 1.33 bits per heavy atom. The SMILES string of the molecule is CCc1ccc2c(c1)cc(C)n2CCC(=O)[O-].[Na+]. The van der Waals surface area contributed by atoms with E-state index in [2.05, 4.69) is 31.2 Å². The number of carboxylic acids is 1. The Bertz CT molecular complexity index is 560. The van der Waals surface area contributed by atoms with Crippen LogP contribution in [0, 0.1) is 6.92 Å². The second-order valence-electron chi connectivity index (χ2n) is 4.31. The number of aryl methyl sites for hydroxylation is 3. The summed E-state index contributed by atoms with van der Waals surface area (Å²) in [6.07, 6.45) is 1.07. The molecule has 4 heteroatoms. The van der Waals surface area contributed by atoms with E-state index in [0.717, 1.165) is 17.6 Å². The van der Waals surface area contributed by atoms with Gasteiger partial charge in [-0.25, -0.2) is 0 Å². The summed E-state index contributed by atoms with van der Waals surface area (Å²) in [4.78, 5) is 10.5. The van der Waals surface area contributed by atoms with Crippen LogP contribution in [-0.2, 0) is 17.8 Å². The molecular weight excluding hydrogens is 237 g/mol. The Balaban J connectivity index is 0.00000162. The molecule has 18 heavy (non-hydrogen) atoms. The monoisotopic (exact) mass is 253 g/mol. The first-order chi connectivity index (χ1) is 8.11. The van der Waals surface area contributed by atoms with Crippen LogP contribution in [0.25, 0.3) is 10.9 Å². The third-order valence-corrected chi connectivity index (χ3v) is 3.12. The van der Waals surface area contributed by atoms with Crippen LogP contribution in [0.4, 0.5) is 0 Å². The summed E-state index contributed by atoms with van der Waals surface area (Å²) >= 11 is 0. The molecule has 1 aromatic carbocycles. The van der Waals surface area contributed by atoms with E-state index in [1.807, 2.05) is 11.5 Å². The van der Waals surface area contributed by atoms with Gasteiger partial charge in [0.05, 0.1) is 0 Å². The number of aromatic nitrogens is 1. The van der Waals surface area contributed by atoms with Crippen molar-refractivity contribution >= 4 is 16.9 Å². The van der Waals surface area contributed by atoms with E-state index in [9.17, 15) is 9.90 Å². The summed E-state index contributed by atoms with van der Waals surface area (Å²) in [5.74, 6) is -1.00. The smallest absolute Gasteiger partial charge is 0.550 e. The van der Waals surface area contributed by atoms with Gasteiger partial charge >= 0.3 is 29.6 Å². The Kier molecular flexibility index (Phi) is 5.45. The van der Waals surface area contributed by atoms with E-state index in [4.69, 9.17) is 0 Å². The van der Waals surface area contributed by atoms with Crippen LogP contribution in [0.15, 0.2) is 24.3 Å². The Morgan fingerprint density at radius 3 is 2.67 bits per heavy atom. The summed E-state index contributed by atoms with van der Waals surface area (Å²) in [6, 6.07) is 8.43. The zero-order valence-electron chi connectivity index (χ0n) is 11.2. The molecule has 1 aromatic heterocycles. The molecule has 0 aliphatic heterocycles. The van der Waals surface area contributed by atoms with Crippen LogP contribution in [-0.4, -0.2) is 10.5 Å². The zero-order valence-corrected chi connectivity index (χ0v) is 13.2. The predicted molar refractivity (Wildman–Crippen MR) is 65.7 cm³/mol. The molecular formula is C14H16NNaO2.